The molecule has 0 unspecified atom stereocenters. The van der Waals surface area contributed by atoms with Crippen LogP contribution in [0.3, 0.4) is 0 Å². The molecule has 1 aromatic heterocycles. The van der Waals surface area contributed by atoms with Gasteiger partial charge in [0.15, 0.2) is 0 Å². The van der Waals surface area contributed by atoms with Crippen LogP contribution in [0.15, 0.2) is 40.9 Å². The van der Waals surface area contributed by atoms with Gasteiger partial charge in [-0.3, -0.25) is 0 Å². The minimum absolute atomic E-state index is 0.167. The van der Waals surface area contributed by atoms with Gasteiger partial charge in [0.2, 0.25) is 0 Å². The number of phenols is 1. The number of aromatic nitrogens is 1. The molecular formula is C19H13F3N2O2. The van der Waals surface area contributed by atoms with Gasteiger partial charge in [0, 0.05) is 11.1 Å². The highest BCUT2D eigenvalue weighted by Gasteiger charge is 2.37. The minimum Gasteiger partial charge on any atom is -0.506 e. The van der Waals surface area contributed by atoms with Crippen molar-refractivity contribution < 1.29 is 22.8 Å². The third-order valence-corrected chi connectivity index (χ3v) is 4.09. The van der Waals surface area contributed by atoms with Crippen molar-refractivity contribution in [3.63, 3.8) is 0 Å². The Morgan fingerprint density at radius 3 is 2.27 bits per heavy atom. The summed E-state index contributed by atoms with van der Waals surface area (Å²) in [5.41, 5.74) is -0.108. The van der Waals surface area contributed by atoms with Gasteiger partial charge in [-0.05, 0) is 31.0 Å². The van der Waals surface area contributed by atoms with Crippen LogP contribution in [0.4, 0.5) is 13.2 Å². The number of aromatic hydroxyl groups is 1. The van der Waals surface area contributed by atoms with Crippen LogP contribution < -0.4 is 0 Å². The Hall–Kier alpha value is -3.27. The van der Waals surface area contributed by atoms with E-state index in [0.717, 1.165) is 6.07 Å². The number of nitrogens with zero attached hydrogens (tertiary/aromatic N) is 2. The molecule has 0 radical (unpaired) electrons. The molecule has 0 aliphatic rings. The summed E-state index contributed by atoms with van der Waals surface area (Å²) in [6, 6.07) is 10.9. The predicted molar refractivity (Wildman–Crippen MR) is 88.2 cm³/mol. The van der Waals surface area contributed by atoms with Crippen molar-refractivity contribution in [3.05, 3.63) is 59.0 Å². The zero-order valence-electron chi connectivity index (χ0n) is 13.8. The summed E-state index contributed by atoms with van der Waals surface area (Å²) in [7, 11) is 0. The van der Waals surface area contributed by atoms with Gasteiger partial charge >= 0.3 is 6.18 Å². The fourth-order valence-corrected chi connectivity index (χ4v) is 2.94. The van der Waals surface area contributed by atoms with Crippen LogP contribution in [-0.4, -0.2) is 10.3 Å². The second kappa shape index (κ2) is 6.23. The van der Waals surface area contributed by atoms with Crippen molar-refractivity contribution in [2.24, 2.45) is 0 Å². The lowest BCUT2D eigenvalue weighted by molar-refractivity contribution is -0.138. The summed E-state index contributed by atoms with van der Waals surface area (Å²) in [4.78, 5) is 0. The predicted octanol–water partition coefficient (Wildman–Crippen LogP) is 5.22. The number of alkyl halides is 3. The molecule has 0 bridgehead atoms. The van der Waals surface area contributed by atoms with E-state index in [1.807, 2.05) is 0 Å². The van der Waals surface area contributed by atoms with Crippen LogP contribution in [0.1, 0.15) is 22.6 Å². The van der Waals surface area contributed by atoms with E-state index in [1.165, 1.54) is 0 Å². The van der Waals surface area contributed by atoms with E-state index in [1.54, 1.807) is 50.2 Å². The number of nitriles is 1. The summed E-state index contributed by atoms with van der Waals surface area (Å²) in [6.07, 6.45) is -4.81. The number of hydrogen-bond acceptors (Lipinski definition) is 4. The minimum atomic E-state index is -4.81. The Morgan fingerprint density at radius 2 is 1.77 bits per heavy atom. The molecule has 0 atom stereocenters. The van der Waals surface area contributed by atoms with Crippen molar-refractivity contribution in [1.82, 2.24) is 5.16 Å². The lowest BCUT2D eigenvalue weighted by Crippen LogP contribution is -2.08. The highest BCUT2D eigenvalue weighted by atomic mass is 19.4. The molecule has 3 aromatic rings. The zero-order chi connectivity index (χ0) is 19.1. The first-order valence-corrected chi connectivity index (χ1v) is 7.61. The topological polar surface area (TPSA) is 70.1 Å². The van der Waals surface area contributed by atoms with E-state index in [0.29, 0.717) is 22.6 Å². The monoisotopic (exact) mass is 358 g/mol. The van der Waals surface area contributed by atoms with Crippen LogP contribution in [0, 0.1) is 25.2 Å². The molecule has 0 saturated heterocycles. The molecule has 2 aromatic carbocycles. The standard InChI is InChI=1S/C19H13F3N2O2/c1-10-16(11(2)26-24-10)17-13(12-6-4-3-5-7-12)8-15(19(20,21)22)18(25)14(17)9-23/h3-8,25H,1-2H3. The lowest BCUT2D eigenvalue weighted by Gasteiger charge is -2.18. The maximum Gasteiger partial charge on any atom is 0.420 e. The number of benzene rings is 2. The van der Waals surface area contributed by atoms with E-state index < -0.39 is 23.1 Å². The number of rotatable bonds is 2. The quantitative estimate of drug-likeness (QED) is 0.682. The Balaban J connectivity index is 2.50. The van der Waals surface area contributed by atoms with E-state index in [-0.39, 0.29) is 11.1 Å². The Bertz CT molecular complexity index is 996. The van der Waals surface area contributed by atoms with Gasteiger partial charge in [0.1, 0.15) is 23.1 Å². The van der Waals surface area contributed by atoms with Crippen molar-refractivity contribution in [2.45, 2.75) is 20.0 Å². The first kappa shape index (κ1) is 17.5. The third kappa shape index (κ3) is 2.80. The molecule has 0 amide bonds. The van der Waals surface area contributed by atoms with Gasteiger partial charge in [0.05, 0.1) is 11.3 Å². The molecule has 7 heteroatoms. The molecule has 0 spiro atoms. The van der Waals surface area contributed by atoms with E-state index >= 15 is 0 Å². The highest BCUT2D eigenvalue weighted by molar-refractivity contribution is 5.91. The number of hydrogen-bond donors (Lipinski definition) is 1. The maximum atomic E-state index is 13.4. The van der Waals surface area contributed by atoms with Crippen LogP contribution in [0.2, 0.25) is 0 Å². The molecule has 4 nitrogen and oxygen atoms in total. The molecule has 0 saturated carbocycles. The third-order valence-electron chi connectivity index (χ3n) is 4.09. The first-order valence-electron chi connectivity index (χ1n) is 7.61. The average molecular weight is 358 g/mol. The van der Waals surface area contributed by atoms with Crippen LogP contribution >= 0.6 is 0 Å². The molecule has 1 heterocycles. The first-order chi connectivity index (χ1) is 12.3. The summed E-state index contributed by atoms with van der Waals surface area (Å²) in [5, 5.41) is 23.5. The van der Waals surface area contributed by atoms with Gasteiger partial charge in [-0.25, -0.2) is 0 Å². The van der Waals surface area contributed by atoms with Gasteiger partial charge < -0.3 is 9.63 Å². The molecule has 0 aliphatic carbocycles. The fraction of sp³-hybridized carbons (Fsp3) is 0.158. The Labute approximate surface area is 147 Å². The Morgan fingerprint density at radius 1 is 1.12 bits per heavy atom. The van der Waals surface area contributed by atoms with Gasteiger partial charge in [-0.2, -0.15) is 18.4 Å². The van der Waals surface area contributed by atoms with Crippen LogP contribution in [-0.2, 0) is 6.18 Å². The molecule has 132 valence electrons. The highest BCUT2D eigenvalue weighted by Crippen LogP contribution is 2.47. The second-order valence-electron chi connectivity index (χ2n) is 5.75. The van der Waals surface area contributed by atoms with Gasteiger partial charge in [-0.1, -0.05) is 35.5 Å². The molecular weight excluding hydrogens is 345 g/mol. The van der Waals surface area contributed by atoms with E-state index in [4.69, 9.17) is 4.52 Å². The number of aryl methyl sites for hydroxylation is 2. The number of phenolic OH excluding ortho intramolecular Hbond substituents is 1. The average Bonchev–Trinajstić information content (AvgIpc) is 2.92. The summed E-state index contributed by atoms with van der Waals surface area (Å²) < 4.78 is 45.3. The smallest absolute Gasteiger partial charge is 0.420 e. The van der Waals surface area contributed by atoms with E-state index in [2.05, 4.69) is 5.16 Å². The van der Waals surface area contributed by atoms with Gasteiger partial charge in [0.25, 0.3) is 0 Å². The normalized spacial score (nSPS) is 11.4. The van der Waals surface area contributed by atoms with Crippen LogP contribution in [0.25, 0.3) is 22.3 Å². The van der Waals surface area contributed by atoms with Crippen molar-refractivity contribution in [3.8, 4) is 34.1 Å². The molecule has 1 N–H and O–H groups in total. The second-order valence-corrected chi connectivity index (χ2v) is 5.75. The van der Waals surface area contributed by atoms with Gasteiger partial charge in [-0.15, -0.1) is 0 Å². The molecule has 0 fully saturated rings. The summed E-state index contributed by atoms with van der Waals surface area (Å²) in [6.45, 7) is 3.22. The van der Waals surface area contributed by atoms with E-state index in [9.17, 15) is 23.5 Å². The van der Waals surface area contributed by atoms with Crippen molar-refractivity contribution >= 4 is 0 Å². The molecule has 0 aliphatic heterocycles. The Kier molecular flexibility index (Phi) is 4.20. The van der Waals surface area contributed by atoms with Crippen LogP contribution in [0.5, 0.6) is 5.75 Å². The fourth-order valence-electron chi connectivity index (χ4n) is 2.94. The largest absolute Gasteiger partial charge is 0.506 e. The summed E-state index contributed by atoms with van der Waals surface area (Å²) in [5.74, 6) is -0.759. The molecule has 26 heavy (non-hydrogen) atoms. The SMILES string of the molecule is Cc1noc(C)c1-c1c(-c2ccccc2)cc(C(F)(F)F)c(O)c1C#N. The molecule has 3 rings (SSSR count). The maximum absolute atomic E-state index is 13.4. The summed E-state index contributed by atoms with van der Waals surface area (Å²) >= 11 is 0. The lowest BCUT2D eigenvalue weighted by atomic mass is 9.87. The van der Waals surface area contributed by atoms with Crippen molar-refractivity contribution in [2.75, 3.05) is 0 Å². The number of halogens is 3. The van der Waals surface area contributed by atoms with Crippen molar-refractivity contribution in [1.29, 1.82) is 5.26 Å². The zero-order valence-corrected chi connectivity index (χ0v) is 13.8.